The minimum absolute atomic E-state index is 0.303. The van der Waals surface area contributed by atoms with Crippen LogP contribution in [0.4, 0.5) is 15.6 Å². The first-order valence-corrected chi connectivity index (χ1v) is 9.26. The Balaban J connectivity index is 1.65. The number of anilines is 2. The van der Waals surface area contributed by atoms with E-state index in [4.69, 9.17) is 4.74 Å². The Labute approximate surface area is 157 Å². The van der Waals surface area contributed by atoms with Gasteiger partial charge in [-0.2, -0.15) is 0 Å². The Morgan fingerprint density at radius 1 is 1.08 bits per heavy atom. The van der Waals surface area contributed by atoms with Gasteiger partial charge < -0.3 is 10.1 Å². The molecule has 3 rings (SSSR count). The molecule has 0 spiro atoms. The molecule has 2 N–H and O–H groups in total. The Morgan fingerprint density at radius 3 is 2.42 bits per heavy atom. The predicted octanol–water partition coefficient (Wildman–Crippen LogP) is 5.47. The zero-order chi connectivity index (χ0) is 18.5. The van der Waals surface area contributed by atoms with E-state index in [0.717, 1.165) is 33.8 Å². The van der Waals surface area contributed by atoms with Gasteiger partial charge in [-0.3, -0.25) is 5.32 Å². The van der Waals surface area contributed by atoms with Gasteiger partial charge in [0.1, 0.15) is 5.75 Å². The molecule has 0 unspecified atom stereocenters. The van der Waals surface area contributed by atoms with Gasteiger partial charge in [-0.1, -0.05) is 6.07 Å². The van der Waals surface area contributed by atoms with E-state index in [1.54, 1.807) is 0 Å². The van der Waals surface area contributed by atoms with Gasteiger partial charge in [0.2, 0.25) is 0 Å². The molecule has 0 saturated carbocycles. The second-order valence-electron chi connectivity index (χ2n) is 5.95. The molecular formula is C20H21N3O2S. The van der Waals surface area contributed by atoms with E-state index in [2.05, 4.69) is 21.7 Å². The third-order valence-electron chi connectivity index (χ3n) is 3.67. The molecule has 5 nitrogen and oxygen atoms in total. The third-order valence-corrected chi connectivity index (χ3v) is 4.42. The van der Waals surface area contributed by atoms with E-state index in [0.29, 0.717) is 11.7 Å². The average Bonchev–Trinajstić information content (AvgIpc) is 3.03. The standard InChI is InChI=1S/C20H21N3O2S/c1-4-25-17-7-5-15(6-8-17)18-12-26-20(22-18)23-19(24)21-16-10-13(2)9-14(3)11-16/h5-12H,4H2,1-3H3,(H2,21,22,23,24). The van der Waals surface area contributed by atoms with Gasteiger partial charge in [-0.05, 0) is 68.3 Å². The monoisotopic (exact) mass is 367 g/mol. The molecule has 2 aromatic carbocycles. The number of nitrogens with zero attached hydrogens (tertiary/aromatic N) is 1. The quantitative estimate of drug-likeness (QED) is 0.628. The molecule has 2 amide bonds. The maximum atomic E-state index is 12.2. The fourth-order valence-corrected chi connectivity index (χ4v) is 3.37. The summed E-state index contributed by atoms with van der Waals surface area (Å²) in [5.74, 6) is 0.831. The number of thiazole rings is 1. The number of urea groups is 1. The summed E-state index contributed by atoms with van der Waals surface area (Å²) >= 11 is 1.39. The van der Waals surface area contributed by atoms with Gasteiger partial charge in [0.15, 0.2) is 5.13 Å². The van der Waals surface area contributed by atoms with E-state index in [1.165, 1.54) is 11.3 Å². The highest BCUT2D eigenvalue weighted by molar-refractivity contribution is 7.14. The van der Waals surface area contributed by atoms with E-state index in [1.807, 2.05) is 62.5 Å². The molecular weight excluding hydrogens is 346 g/mol. The highest BCUT2D eigenvalue weighted by atomic mass is 32.1. The van der Waals surface area contributed by atoms with Gasteiger partial charge in [0, 0.05) is 16.6 Å². The minimum atomic E-state index is -0.303. The number of nitrogens with one attached hydrogen (secondary N) is 2. The number of aromatic nitrogens is 1. The Kier molecular flexibility index (Phi) is 5.53. The van der Waals surface area contributed by atoms with Crippen molar-refractivity contribution in [1.82, 2.24) is 4.98 Å². The van der Waals surface area contributed by atoms with Crippen molar-refractivity contribution >= 4 is 28.2 Å². The van der Waals surface area contributed by atoms with Crippen LogP contribution in [0, 0.1) is 13.8 Å². The summed E-state index contributed by atoms with van der Waals surface area (Å²) in [4.78, 5) is 16.7. The maximum Gasteiger partial charge on any atom is 0.325 e. The van der Waals surface area contributed by atoms with Crippen LogP contribution in [0.2, 0.25) is 0 Å². The van der Waals surface area contributed by atoms with Gasteiger partial charge in [0.25, 0.3) is 0 Å². The number of rotatable bonds is 5. The van der Waals surface area contributed by atoms with E-state index < -0.39 is 0 Å². The van der Waals surface area contributed by atoms with Crippen LogP contribution in [0.15, 0.2) is 47.8 Å². The zero-order valence-electron chi connectivity index (χ0n) is 15.0. The Morgan fingerprint density at radius 2 is 1.77 bits per heavy atom. The highest BCUT2D eigenvalue weighted by Gasteiger charge is 2.09. The lowest BCUT2D eigenvalue weighted by Crippen LogP contribution is -2.19. The molecule has 134 valence electrons. The van der Waals surface area contributed by atoms with Crippen LogP contribution in [0.25, 0.3) is 11.3 Å². The summed E-state index contributed by atoms with van der Waals surface area (Å²) in [6.45, 7) is 6.59. The van der Waals surface area contributed by atoms with Crippen molar-refractivity contribution in [3.05, 3.63) is 59.0 Å². The molecule has 0 aliphatic carbocycles. The van der Waals surface area contributed by atoms with Gasteiger partial charge in [-0.15, -0.1) is 11.3 Å². The van der Waals surface area contributed by atoms with Gasteiger partial charge in [-0.25, -0.2) is 9.78 Å². The van der Waals surface area contributed by atoms with Crippen LogP contribution >= 0.6 is 11.3 Å². The zero-order valence-corrected chi connectivity index (χ0v) is 15.8. The van der Waals surface area contributed by atoms with Crippen molar-refractivity contribution in [2.75, 3.05) is 17.2 Å². The summed E-state index contributed by atoms with van der Waals surface area (Å²) in [7, 11) is 0. The van der Waals surface area contributed by atoms with Crippen LogP contribution in [-0.4, -0.2) is 17.6 Å². The minimum Gasteiger partial charge on any atom is -0.494 e. The summed E-state index contributed by atoms with van der Waals surface area (Å²) in [6, 6.07) is 13.4. The van der Waals surface area contributed by atoms with Crippen molar-refractivity contribution < 1.29 is 9.53 Å². The number of carbonyl (C=O) groups is 1. The fraction of sp³-hybridized carbons (Fsp3) is 0.200. The second kappa shape index (κ2) is 8.01. The lowest BCUT2D eigenvalue weighted by atomic mass is 10.1. The number of amides is 2. The third kappa shape index (κ3) is 4.61. The number of hydrogen-bond donors (Lipinski definition) is 2. The second-order valence-corrected chi connectivity index (χ2v) is 6.81. The number of ether oxygens (including phenoxy) is 1. The molecule has 0 aliphatic heterocycles. The molecule has 1 heterocycles. The molecule has 26 heavy (non-hydrogen) atoms. The SMILES string of the molecule is CCOc1ccc(-c2csc(NC(=O)Nc3cc(C)cc(C)c3)n2)cc1. The van der Waals surface area contributed by atoms with Crippen molar-refractivity contribution in [3.63, 3.8) is 0 Å². The van der Waals surface area contributed by atoms with Crippen LogP contribution in [0.5, 0.6) is 5.75 Å². The predicted molar refractivity (Wildman–Crippen MR) is 107 cm³/mol. The summed E-state index contributed by atoms with van der Waals surface area (Å²) in [5, 5.41) is 8.10. The van der Waals surface area contributed by atoms with Crippen LogP contribution in [0.3, 0.4) is 0 Å². The highest BCUT2D eigenvalue weighted by Crippen LogP contribution is 2.26. The first kappa shape index (κ1) is 17.9. The number of benzene rings is 2. The van der Waals surface area contributed by atoms with E-state index in [9.17, 15) is 4.79 Å². The largest absolute Gasteiger partial charge is 0.494 e. The summed E-state index contributed by atoms with van der Waals surface area (Å²) < 4.78 is 5.44. The molecule has 0 fully saturated rings. The van der Waals surface area contributed by atoms with Gasteiger partial charge in [0.05, 0.1) is 12.3 Å². The smallest absolute Gasteiger partial charge is 0.325 e. The van der Waals surface area contributed by atoms with Gasteiger partial charge >= 0.3 is 6.03 Å². The molecule has 3 aromatic rings. The summed E-state index contributed by atoms with van der Waals surface area (Å²) in [6.07, 6.45) is 0. The molecule has 0 atom stereocenters. The van der Waals surface area contributed by atoms with E-state index >= 15 is 0 Å². The molecule has 0 radical (unpaired) electrons. The Hall–Kier alpha value is -2.86. The first-order chi connectivity index (χ1) is 12.5. The number of hydrogen-bond acceptors (Lipinski definition) is 4. The number of aryl methyl sites for hydroxylation is 2. The maximum absolute atomic E-state index is 12.2. The number of carbonyl (C=O) groups excluding carboxylic acids is 1. The molecule has 0 bridgehead atoms. The Bertz CT molecular complexity index is 883. The molecule has 6 heteroatoms. The van der Waals surface area contributed by atoms with Crippen molar-refractivity contribution in [2.45, 2.75) is 20.8 Å². The van der Waals surface area contributed by atoms with Crippen LogP contribution in [0.1, 0.15) is 18.1 Å². The molecule has 1 aromatic heterocycles. The summed E-state index contributed by atoms with van der Waals surface area (Å²) in [5.41, 5.74) is 4.77. The first-order valence-electron chi connectivity index (χ1n) is 8.38. The fourth-order valence-electron chi connectivity index (χ4n) is 2.66. The average molecular weight is 367 g/mol. The lowest BCUT2D eigenvalue weighted by molar-refractivity contribution is 0.262. The van der Waals surface area contributed by atoms with Crippen molar-refractivity contribution in [3.8, 4) is 17.0 Å². The lowest BCUT2D eigenvalue weighted by Gasteiger charge is -2.07. The van der Waals surface area contributed by atoms with Crippen LogP contribution in [-0.2, 0) is 0 Å². The van der Waals surface area contributed by atoms with Crippen LogP contribution < -0.4 is 15.4 Å². The molecule has 0 aliphatic rings. The normalized spacial score (nSPS) is 10.4. The van der Waals surface area contributed by atoms with Crippen molar-refractivity contribution in [1.29, 1.82) is 0 Å². The van der Waals surface area contributed by atoms with E-state index in [-0.39, 0.29) is 6.03 Å². The molecule has 0 saturated heterocycles. The topological polar surface area (TPSA) is 63.2 Å². The van der Waals surface area contributed by atoms with Crippen molar-refractivity contribution in [2.24, 2.45) is 0 Å².